The van der Waals surface area contributed by atoms with Gasteiger partial charge in [0.05, 0.1) is 6.61 Å². The quantitative estimate of drug-likeness (QED) is 0.580. The molecule has 0 aromatic carbocycles. The van der Waals surface area contributed by atoms with Gasteiger partial charge in [-0.25, -0.2) is 9.78 Å². The number of ether oxygens (including phenoxy) is 1. The van der Waals surface area contributed by atoms with Crippen molar-refractivity contribution in [3.8, 4) is 0 Å². The Bertz CT molecular complexity index is 278. The molecule has 1 aromatic heterocycles. The smallest absolute Gasteiger partial charge is 0.333 e. The summed E-state index contributed by atoms with van der Waals surface area (Å²) in [6.45, 7) is 9.13. The molecule has 0 unspecified atom stereocenters. The van der Waals surface area contributed by atoms with Crippen LogP contribution in [0.2, 0.25) is 0 Å². The third-order valence-corrected chi connectivity index (χ3v) is 1.26. The lowest BCUT2D eigenvalue weighted by Crippen LogP contribution is -2.03. The van der Waals surface area contributed by atoms with Crippen LogP contribution in [-0.4, -0.2) is 22.5 Å². The molecule has 0 aliphatic rings. The number of aromatic amines is 1. The molecule has 4 nitrogen and oxygen atoms in total. The molecule has 1 aromatic rings. The Kier molecular flexibility index (Phi) is 6.11. The molecule has 0 aliphatic heterocycles. The molecule has 1 N–H and O–H groups in total. The first kappa shape index (κ1) is 12.4. The van der Waals surface area contributed by atoms with Gasteiger partial charge >= 0.3 is 5.97 Å². The van der Waals surface area contributed by atoms with E-state index in [1.54, 1.807) is 26.2 Å². The van der Waals surface area contributed by atoms with E-state index < -0.39 is 0 Å². The minimum atomic E-state index is -0.312. The zero-order chi connectivity index (χ0) is 11.0. The Morgan fingerprint density at radius 1 is 1.71 bits per heavy atom. The minimum Gasteiger partial charge on any atom is -0.463 e. The Balaban J connectivity index is 0.000000249. The zero-order valence-electron chi connectivity index (χ0n) is 8.83. The van der Waals surface area contributed by atoms with Crippen molar-refractivity contribution < 1.29 is 9.53 Å². The maximum absolute atomic E-state index is 10.4. The van der Waals surface area contributed by atoms with E-state index in [-0.39, 0.29) is 5.97 Å². The monoisotopic (exact) mass is 196 g/mol. The summed E-state index contributed by atoms with van der Waals surface area (Å²) in [6, 6.07) is 0. The molecule has 1 rings (SSSR count). The first-order valence-corrected chi connectivity index (χ1v) is 4.36. The lowest BCUT2D eigenvalue weighted by Gasteiger charge is -1.96. The van der Waals surface area contributed by atoms with E-state index in [2.05, 4.69) is 21.3 Å². The van der Waals surface area contributed by atoms with Gasteiger partial charge in [-0.1, -0.05) is 6.58 Å². The first-order chi connectivity index (χ1) is 6.57. The van der Waals surface area contributed by atoms with Gasteiger partial charge in [-0.3, -0.25) is 0 Å². The maximum Gasteiger partial charge on any atom is 0.333 e. The van der Waals surface area contributed by atoms with E-state index in [1.807, 2.05) is 6.92 Å². The Labute approximate surface area is 84.0 Å². The maximum atomic E-state index is 10.4. The number of nitrogens with one attached hydrogen (secondary N) is 1. The Hall–Kier alpha value is -1.58. The molecule has 0 bridgehead atoms. The average molecular weight is 196 g/mol. The van der Waals surface area contributed by atoms with E-state index in [1.165, 1.54) is 0 Å². The summed E-state index contributed by atoms with van der Waals surface area (Å²) >= 11 is 0. The summed E-state index contributed by atoms with van der Waals surface area (Å²) in [5.41, 5.74) is 0.451. The fraction of sp³-hybridized carbons (Fsp3) is 0.400. The van der Waals surface area contributed by atoms with Crippen LogP contribution in [-0.2, 0) is 9.53 Å². The molecule has 14 heavy (non-hydrogen) atoms. The van der Waals surface area contributed by atoms with Gasteiger partial charge in [-0.2, -0.15) is 0 Å². The average Bonchev–Trinajstić information content (AvgIpc) is 2.57. The van der Waals surface area contributed by atoms with Crippen LogP contribution in [0, 0.1) is 6.92 Å². The summed E-state index contributed by atoms with van der Waals surface area (Å²) in [6.07, 6.45) is 3.53. The normalized spacial score (nSPS) is 8.50. The number of hydrogen-bond donors (Lipinski definition) is 1. The number of aryl methyl sites for hydroxylation is 1. The summed E-state index contributed by atoms with van der Waals surface area (Å²) < 4.78 is 4.56. The SMILES string of the molecule is C=C(C)C(=O)OCC.Cc1ncc[nH]1. The van der Waals surface area contributed by atoms with Gasteiger partial charge < -0.3 is 9.72 Å². The minimum absolute atomic E-state index is 0.312. The highest BCUT2D eigenvalue weighted by Gasteiger charge is 1.98. The van der Waals surface area contributed by atoms with Crippen LogP contribution in [0.5, 0.6) is 0 Å². The van der Waals surface area contributed by atoms with Crippen LogP contribution in [0.1, 0.15) is 19.7 Å². The van der Waals surface area contributed by atoms with Crippen molar-refractivity contribution in [2.45, 2.75) is 20.8 Å². The topological polar surface area (TPSA) is 55.0 Å². The van der Waals surface area contributed by atoms with Crippen molar-refractivity contribution in [1.29, 1.82) is 0 Å². The van der Waals surface area contributed by atoms with Crippen LogP contribution in [0.15, 0.2) is 24.5 Å². The molecule has 1 heterocycles. The number of aromatic nitrogens is 2. The van der Waals surface area contributed by atoms with Crippen LogP contribution in [0.4, 0.5) is 0 Å². The second-order valence-corrected chi connectivity index (χ2v) is 2.68. The summed E-state index contributed by atoms with van der Waals surface area (Å²) in [5, 5.41) is 0. The molecule has 0 aliphatic carbocycles. The van der Waals surface area contributed by atoms with E-state index >= 15 is 0 Å². The number of rotatable bonds is 2. The molecule has 0 spiro atoms. The molecule has 0 atom stereocenters. The second kappa shape index (κ2) is 6.88. The van der Waals surface area contributed by atoms with Gasteiger partial charge in [0.2, 0.25) is 0 Å². The number of esters is 1. The summed E-state index contributed by atoms with van der Waals surface area (Å²) in [7, 11) is 0. The zero-order valence-corrected chi connectivity index (χ0v) is 8.83. The van der Waals surface area contributed by atoms with Gasteiger partial charge in [-0.15, -0.1) is 0 Å². The number of nitrogens with zero attached hydrogens (tertiary/aromatic N) is 1. The number of imidazole rings is 1. The second-order valence-electron chi connectivity index (χ2n) is 2.68. The highest BCUT2D eigenvalue weighted by Crippen LogP contribution is 1.89. The molecule has 0 fully saturated rings. The van der Waals surface area contributed by atoms with E-state index in [9.17, 15) is 4.79 Å². The van der Waals surface area contributed by atoms with E-state index in [0.717, 1.165) is 5.82 Å². The number of hydrogen-bond acceptors (Lipinski definition) is 3. The molecule has 78 valence electrons. The summed E-state index contributed by atoms with van der Waals surface area (Å²) in [5.74, 6) is 0.655. The Morgan fingerprint density at radius 2 is 2.36 bits per heavy atom. The molecule has 0 radical (unpaired) electrons. The fourth-order valence-corrected chi connectivity index (χ4v) is 0.599. The lowest BCUT2D eigenvalue weighted by molar-refractivity contribution is -0.138. The Morgan fingerprint density at radius 3 is 2.50 bits per heavy atom. The van der Waals surface area contributed by atoms with Crippen LogP contribution >= 0.6 is 0 Å². The molecular weight excluding hydrogens is 180 g/mol. The highest BCUT2D eigenvalue weighted by molar-refractivity contribution is 5.86. The first-order valence-electron chi connectivity index (χ1n) is 4.36. The van der Waals surface area contributed by atoms with Crippen molar-refractivity contribution in [2.24, 2.45) is 0 Å². The largest absolute Gasteiger partial charge is 0.463 e. The summed E-state index contributed by atoms with van der Waals surface area (Å²) in [4.78, 5) is 17.2. The molecule has 4 heteroatoms. The van der Waals surface area contributed by atoms with Crippen LogP contribution in [0.3, 0.4) is 0 Å². The van der Waals surface area contributed by atoms with Crippen molar-refractivity contribution in [3.05, 3.63) is 30.4 Å². The van der Waals surface area contributed by atoms with Crippen LogP contribution in [0.25, 0.3) is 0 Å². The lowest BCUT2D eigenvalue weighted by atomic mass is 10.4. The number of H-pyrrole nitrogens is 1. The van der Waals surface area contributed by atoms with Crippen molar-refractivity contribution in [2.75, 3.05) is 6.61 Å². The third kappa shape index (κ3) is 5.99. The third-order valence-electron chi connectivity index (χ3n) is 1.26. The fourth-order valence-electron chi connectivity index (χ4n) is 0.599. The highest BCUT2D eigenvalue weighted by atomic mass is 16.5. The van der Waals surface area contributed by atoms with Crippen molar-refractivity contribution in [3.63, 3.8) is 0 Å². The van der Waals surface area contributed by atoms with Gasteiger partial charge in [0.25, 0.3) is 0 Å². The van der Waals surface area contributed by atoms with Gasteiger partial charge in [0, 0.05) is 18.0 Å². The van der Waals surface area contributed by atoms with Crippen molar-refractivity contribution in [1.82, 2.24) is 9.97 Å². The molecule has 0 amide bonds. The number of carbonyl (C=O) groups is 1. The van der Waals surface area contributed by atoms with Gasteiger partial charge in [0.15, 0.2) is 0 Å². The molecule has 0 saturated heterocycles. The van der Waals surface area contributed by atoms with E-state index in [4.69, 9.17) is 0 Å². The van der Waals surface area contributed by atoms with Gasteiger partial charge in [0.1, 0.15) is 5.82 Å². The van der Waals surface area contributed by atoms with Crippen LogP contribution < -0.4 is 0 Å². The molecule has 0 saturated carbocycles. The van der Waals surface area contributed by atoms with Crippen molar-refractivity contribution >= 4 is 5.97 Å². The molecular formula is C10H16N2O2. The van der Waals surface area contributed by atoms with E-state index in [0.29, 0.717) is 12.2 Å². The standard InChI is InChI=1S/C6H10O2.C4H6N2/c1-4-8-6(7)5(2)3;1-4-5-2-3-6-4/h2,4H2,1,3H3;2-3H,1H3,(H,5,6). The number of carbonyl (C=O) groups excluding carboxylic acids is 1. The predicted molar refractivity (Wildman–Crippen MR) is 54.8 cm³/mol. The predicted octanol–water partition coefficient (Wildman–Crippen LogP) is 1.84. The van der Waals surface area contributed by atoms with Gasteiger partial charge in [-0.05, 0) is 20.8 Å².